The molecule has 1 aliphatic heterocycles. The van der Waals surface area contributed by atoms with E-state index in [9.17, 15) is 9.59 Å². The Morgan fingerprint density at radius 2 is 1.89 bits per heavy atom. The third-order valence-corrected chi connectivity index (χ3v) is 5.98. The van der Waals surface area contributed by atoms with Gasteiger partial charge in [-0.05, 0) is 66.6 Å². The molecule has 1 aliphatic rings. The van der Waals surface area contributed by atoms with E-state index in [1.165, 1.54) is 16.9 Å². The van der Waals surface area contributed by atoms with Gasteiger partial charge in [-0.2, -0.15) is 0 Å². The van der Waals surface area contributed by atoms with Crippen molar-refractivity contribution in [1.82, 2.24) is 4.90 Å². The molecule has 2 heterocycles. The van der Waals surface area contributed by atoms with Crippen molar-refractivity contribution in [2.45, 2.75) is 26.8 Å². The van der Waals surface area contributed by atoms with Crippen LogP contribution in [0, 0.1) is 13.8 Å². The smallest absolute Gasteiger partial charge is 0.264 e. The van der Waals surface area contributed by atoms with Crippen LogP contribution in [0.4, 0.5) is 5.69 Å². The van der Waals surface area contributed by atoms with Crippen LogP contribution in [-0.2, 0) is 13.0 Å². The lowest BCUT2D eigenvalue weighted by Gasteiger charge is -2.29. The molecule has 4 rings (SSSR count). The molecule has 1 N–H and O–H groups in total. The van der Waals surface area contributed by atoms with Gasteiger partial charge in [-0.15, -0.1) is 11.3 Å². The van der Waals surface area contributed by atoms with Crippen LogP contribution in [0.1, 0.15) is 42.3 Å². The highest BCUT2D eigenvalue weighted by molar-refractivity contribution is 7.12. The molecule has 0 saturated heterocycles. The Kier molecular flexibility index (Phi) is 5.01. The zero-order valence-corrected chi connectivity index (χ0v) is 16.8. The second-order valence-corrected chi connectivity index (χ2v) is 8.16. The molecular formula is C23H22N2O2S. The predicted molar refractivity (Wildman–Crippen MR) is 113 cm³/mol. The summed E-state index contributed by atoms with van der Waals surface area (Å²) in [5.74, 6) is -0.0369. The molecule has 2 aromatic carbocycles. The molecule has 0 fully saturated rings. The molecular weight excluding hydrogens is 368 g/mol. The maximum Gasteiger partial charge on any atom is 0.264 e. The minimum atomic E-state index is -0.111. The summed E-state index contributed by atoms with van der Waals surface area (Å²) in [6.45, 7) is 5.25. The molecule has 5 heteroatoms. The average Bonchev–Trinajstić information content (AvgIpc) is 3.21. The quantitative estimate of drug-likeness (QED) is 0.697. The topological polar surface area (TPSA) is 49.4 Å². The molecule has 3 aromatic rings. The van der Waals surface area contributed by atoms with E-state index in [2.05, 4.69) is 11.4 Å². The number of benzene rings is 2. The number of carbonyl (C=O) groups is 2. The maximum absolute atomic E-state index is 12.7. The number of nitrogens with zero attached hydrogens (tertiary/aromatic N) is 1. The number of hydrogen-bond acceptors (Lipinski definition) is 3. The predicted octanol–water partition coefficient (Wildman–Crippen LogP) is 4.82. The third-order valence-electron chi connectivity index (χ3n) is 5.12. The van der Waals surface area contributed by atoms with Gasteiger partial charge in [-0.25, -0.2) is 0 Å². The fraction of sp³-hybridized carbons (Fsp3) is 0.217. The molecule has 0 bridgehead atoms. The molecule has 2 amide bonds. The van der Waals surface area contributed by atoms with E-state index < -0.39 is 0 Å². The van der Waals surface area contributed by atoms with Crippen LogP contribution in [0.15, 0.2) is 53.9 Å². The summed E-state index contributed by atoms with van der Waals surface area (Å²) in [5, 5.41) is 4.92. The van der Waals surface area contributed by atoms with Gasteiger partial charge in [0.2, 0.25) is 0 Å². The van der Waals surface area contributed by atoms with Crippen molar-refractivity contribution in [3.63, 3.8) is 0 Å². The summed E-state index contributed by atoms with van der Waals surface area (Å²) in [5.41, 5.74) is 5.86. The standard InChI is InChI=1S/C23H22N2O2S/c1-15-5-8-20(16(2)12-15)22(26)24-19-7-6-17-9-10-25(14-18(17)13-19)23(27)21-4-3-11-28-21/h3-8,11-13H,9-10,14H2,1-2H3,(H,24,26). The van der Waals surface area contributed by atoms with Crippen LogP contribution >= 0.6 is 11.3 Å². The molecule has 0 radical (unpaired) electrons. The number of rotatable bonds is 3. The summed E-state index contributed by atoms with van der Waals surface area (Å²) in [7, 11) is 0. The number of amides is 2. The number of nitrogens with one attached hydrogen (secondary N) is 1. The number of thiophene rings is 1. The highest BCUT2D eigenvalue weighted by Crippen LogP contribution is 2.25. The zero-order valence-electron chi connectivity index (χ0n) is 16.0. The Morgan fingerprint density at radius 1 is 1.04 bits per heavy atom. The van der Waals surface area contributed by atoms with Gasteiger partial charge in [0.15, 0.2) is 0 Å². The largest absolute Gasteiger partial charge is 0.333 e. The fourth-order valence-electron chi connectivity index (χ4n) is 3.63. The number of hydrogen-bond donors (Lipinski definition) is 1. The van der Waals surface area contributed by atoms with Crippen LogP contribution in [0.2, 0.25) is 0 Å². The summed E-state index contributed by atoms with van der Waals surface area (Å²) in [6.07, 6.45) is 0.831. The summed E-state index contributed by atoms with van der Waals surface area (Å²) in [6, 6.07) is 15.6. The highest BCUT2D eigenvalue weighted by Gasteiger charge is 2.23. The number of carbonyl (C=O) groups excluding carboxylic acids is 2. The third kappa shape index (κ3) is 3.71. The fourth-order valence-corrected chi connectivity index (χ4v) is 4.32. The van der Waals surface area contributed by atoms with Gasteiger partial charge < -0.3 is 10.2 Å². The van der Waals surface area contributed by atoms with Gasteiger partial charge in [0.1, 0.15) is 0 Å². The monoisotopic (exact) mass is 390 g/mol. The molecule has 1 aromatic heterocycles. The average molecular weight is 391 g/mol. The van der Waals surface area contributed by atoms with Crippen LogP contribution in [0.25, 0.3) is 0 Å². The summed E-state index contributed by atoms with van der Waals surface area (Å²) < 4.78 is 0. The molecule has 0 atom stereocenters. The van der Waals surface area contributed by atoms with Crippen molar-refractivity contribution >= 4 is 28.8 Å². The molecule has 0 aliphatic carbocycles. The Morgan fingerprint density at radius 3 is 2.64 bits per heavy atom. The van der Waals surface area contributed by atoms with E-state index in [-0.39, 0.29) is 11.8 Å². The van der Waals surface area contributed by atoms with Crippen molar-refractivity contribution in [2.75, 3.05) is 11.9 Å². The van der Waals surface area contributed by atoms with E-state index in [1.807, 2.05) is 66.6 Å². The van der Waals surface area contributed by atoms with Gasteiger partial charge in [-0.3, -0.25) is 9.59 Å². The molecule has 28 heavy (non-hydrogen) atoms. The normalized spacial score (nSPS) is 13.1. The molecule has 0 unspecified atom stereocenters. The summed E-state index contributed by atoms with van der Waals surface area (Å²) in [4.78, 5) is 28.0. The molecule has 0 saturated carbocycles. The van der Waals surface area contributed by atoms with E-state index in [0.717, 1.165) is 40.2 Å². The first kappa shape index (κ1) is 18.4. The van der Waals surface area contributed by atoms with Crippen molar-refractivity contribution in [2.24, 2.45) is 0 Å². The van der Waals surface area contributed by atoms with Gasteiger partial charge in [0, 0.05) is 24.3 Å². The second-order valence-electron chi connectivity index (χ2n) is 7.21. The van der Waals surface area contributed by atoms with Crippen molar-refractivity contribution in [3.05, 3.63) is 86.6 Å². The first-order valence-corrected chi connectivity index (χ1v) is 10.2. The van der Waals surface area contributed by atoms with Crippen molar-refractivity contribution in [3.8, 4) is 0 Å². The van der Waals surface area contributed by atoms with E-state index in [0.29, 0.717) is 12.1 Å². The first-order chi connectivity index (χ1) is 13.5. The van der Waals surface area contributed by atoms with E-state index in [4.69, 9.17) is 0 Å². The van der Waals surface area contributed by atoms with Crippen LogP contribution in [0.3, 0.4) is 0 Å². The summed E-state index contributed by atoms with van der Waals surface area (Å²) >= 11 is 1.47. The first-order valence-electron chi connectivity index (χ1n) is 9.34. The van der Waals surface area contributed by atoms with Crippen LogP contribution in [0.5, 0.6) is 0 Å². The number of anilines is 1. The lowest BCUT2D eigenvalue weighted by atomic mass is 9.98. The van der Waals surface area contributed by atoms with Crippen molar-refractivity contribution < 1.29 is 9.59 Å². The SMILES string of the molecule is Cc1ccc(C(=O)Nc2ccc3c(c2)CN(C(=O)c2cccs2)CC3)c(C)c1. The number of aryl methyl sites for hydroxylation is 2. The molecule has 142 valence electrons. The minimum absolute atomic E-state index is 0.0744. The highest BCUT2D eigenvalue weighted by atomic mass is 32.1. The zero-order chi connectivity index (χ0) is 19.7. The Bertz CT molecular complexity index is 1040. The van der Waals surface area contributed by atoms with Crippen LogP contribution in [-0.4, -0.2) is 23.3 Å². The van der Waals surface area contributed by atoms with Gasteiger partial charge >= 0.3 is 0 Å². The lowest BCUT2D eigenvalue weighted by Crippen LogP contribution is -2.35. The van der Waals surface area contributed by atoms with Crippen molar-refractivity contribution in [1.29, 1.82) is 0 Å². The maximum atomic E-state index is 12.7. The second kappa shape index (κ2) is 7.60. The Hall–Kier alpha value is -2.92. The Labute approximate surface area is 168 Å². The lowest BCUT2D eigenvalue weighted by molar-refractivity contribution is 0.0739. The van der Waals surface area contributed by atoms with Gasteiger partial charge in [-0.1, -0.05) is 29.8 Å². The van der Waals surface area contributed by atoms with E-state index >= 15 is 0 Å². The van der Waals surface area contributed by atoms with Gasteiger partial charge in [0.25, 0.3) is 11.8 Å². The van der Waals surface area contributed by atoms with Crippen LogP contribution < -0.4 is 5.32 Å². The minimum Gasteiger partial charge on any atom is -0.333 e. The molecule has 0 spiro atoms. The molecule has 4 nitrogen and oxygen atoms in total. The number of fused-ring (bicyclic) bond motifs is 1. The Balaban J connectivity index is 1.51. The van der Waals surface area contributed by atoms with Gasteiger partial charge in [0.05, 0.1) is 4.88 Å². The van der Waals surface area contributed by atoms with E-state index in [1.54, 1.807) is 0 Å².